The molecule has 0 atom stereocenters. The Kier molecular flexibility index (Phi) is 3.96. The highest BCUT2D eigenvalue weighted by Gasteiger charge is 2.19. The Bertz CT molecular complexity index is 415. The Morgan fingerprint density at radius 1 is 1.33 bits per heavy atom. The number of rotatable bonds is 3. The lowest BCUT2D eigenvalue weighted by Crippen LogP contribution is -2.48. The minimum Gasteiger partial charge on any atom is -0.370 e. The van der Waals surface area contributed by atoms with Gasteiger partial charge in [0.25, 0.3) is 0 Å². The van der Waals surface area contributed by atoms with E-state index in [-0.39, 0.29) is 5.91 Å². The molecule has 98 valence electrons. The Morgan fingerprint density at radius 3 is 2.67 bits per heavy atom. The lowest BCUT2D eigenvalue weighted by Gasteiger charge is -2.34. The van der Waals surface area contributed by atoms with Crippen molar-refractivity contribution >= 4 is 17.5 Å². The lowest BCUT2D eigenvalue weighted by atomic mass is 10.3. The monoisotopic (exact) mass is 249 g/mol. The van der Waals surface area contributed by atoms with E-state index in [2.05, 4.69) is 20.2 Å². The number of hydrogen-bond donors (Lipinski definition) is 1. The first kappa shape index (κ1) is 12.6. The Labute approximate surface area is 107 Å². The molecule has 0 spiro atoms. The van der Waals surface area contributed by atoms with Crippen LogP contribution in [0, 0.1) is 0 Å². The average molecular weight is 249 g/mol. The van der Waals surface area contributed by atoms with Crippen LogP contribution in [0.1, 0.15) is 13.8 Å². The van der Waals surface area contributed by atoms with Gasteiger partial charge in [0.05, 0.1) is 0 Å². The zero-order chi connectivity index (χ0) is 13.0. The SMILES string of the molecule is CCNc1cc(N2CCN(C(C)=O)CC2)ncn1. The summed E-state index contributed by atoms with van der Waals surface area (Å²) in [4.78, 5) is 23.7. The summed E-state index contributed by atoms with van der Waals surface area (Å²) < 4.78 is 0. The van der Waals surface area contributed by atoms with Crippen molar-refractivity contribution in [2.45, 2.75) is 13.8 Å². The van der Waals surface area contributed by atoms with E-state index in [9.17, 15) is 4.79 Å². The normalized spacial score (nSPS) is 15.7. The third-order valence-electron chi connectivity index (χ3n) is 3.06. The average Bonchev–Trinajstić information content (AvgIpc) is 2.39. The van der Waals surface area contributed by atoms with Gasteiger partial charge in [-0.15, -0.1) is 0 Å². The molecule has 6 nitrogen and oxygen atoms in total. The van der Waals surface area contributed by atoms with Gasteiger partial charge < -0.3 is 15.1 Å². The van der Waals surface area contributed by atoms with Crippen LogP contribution in [0.25, 0.3) is 0 Å². The molecule has 0 radical (unpaired) electrons. The highest BCUT2D eigenvalue weighted by Crippen LogP contribution is 2.16. The number of amides is 1. The zero-order valence-electron chi connectivity index (χ0n) is 10.9. The molecule has 2 rings (SSSR count). The van der Waals surface area contributed by atoms with Crippen LogP contribution in [-0.4, -0.2) is 53.5 Å². The van der Waals surface area contributed by atoms with E-state index in [4.69, 9.17) is 0 Å². The van der Waals surface area contributed by atoms with Gasteiger partial charge in [-0.3, -0.25) is 4.79 Å². The summed E-state index contributed by atoms with van der Waals surface area (Å²) in [6.45, 7) is 7.65. The summed E-state index contributed by atoms with van der Waals surface area (Å²) in [6.07, 6.45) is 1.57. The van der Waals surface area contributed by atoms with Crippen molar-refractivity contribution in [1.29, 1.82) is 0 Å². The summed E-state index contributed by atoms with van der Waals surface area (Å²) in [5.74, 6) is 1.91. The molecule has 1 N–H and O–H groups in total. The zero-order valence-corrected chi connectivity index (χ0v) is 10.9. The van der Waals surface area contributed by atoms with Gasteiger partial charge in [0.15, 0.2) is 0 Å². The quantitative estimate of drug-likeness (QED) is 0.849. The van der Waals surface area contributed by atoms with E-state index in [1.807, 2.05) is 17.9 Å². The van der Waals surface area contributed by atoms with E-state index in [0.29, 0.717) is 0 Å². The Morgan fingerprint density at radius 2 is 2.06 bits per heavy atom. The molecule has 1 aromatic heterocycles. The number of piperazine rings is 1. The second-order valence-electron chi connectivity index (χ2n) is 4.28. The summed E-state index contributed by atoms with van der Waals surface area (Å²) in [5, 5.41) is 3.17. The van der Waals surface area contributed by atoms with Gasteiger partial charge in [-0.1, -0.05) is 0 Å². The molecule has 0 unspecified atom stereocenters. The van der Waals surface area contributed by atoms with Crippen LogP contribution in [0.2, 0.25) is 0 Å². The molecule has 1 aliphatic rings. The van der Waals surface area contributed by atoms with Crippen molar-refractivity contribution in [2.75, 3.05) is 42.9 Å². The third-order valence-corrected chi connectivity index (χ3v) is 3.06. The molecular weight excluding hydrogens is 230 g/mol. The number of nitrogens with zero attached hydrogens (tertiary/aromatic N) is 4. The van der Waals surface area contributed by atoms with E-state index in [0.717, 1.165) is 44.4 Å². The van der Waals surface area contributed by atoms with Crippen molar-refractivity contribution in [2.24, 2.45) is 0 Å². The second kappa shape index (κ2) is 5.66. The van der Waals surface area contributed by atoms with Crippen LogP contribution in [0.5, 0.6) is 0 Å². The molecule has 0 saturated carbocycles. The lowest BCUT2D eigenvalue weighted by molar-refractivity contribution is -0.129. The van der Waals surface area contributed by atoms with Crippen molar-refractivity contribution in [3.05, 3.63) is 12.4 Å². The summed E-state index contributed by atoms with van der Waals surface area (Å²) in [6, 6.07) is 1.95. The molecule has 1 amide bonds. The van der Waals surface area contributed by atoms with Crippen molar-refractivity contribution in [1.82, 2.24) is 14.9 Å². The van der Waals surface area contributed by atoms with Crippen LogP contribution in [0.15, 0.2) is 12.4 Å². The van der Waals surface area contributed by atoms with Gasteiger partial charge in [-0.05, 0) is 6.92 Å². The van der Waals surface area contributed by atoms with Gasteiger partial charge in [-0.25, -0.2) is 9.97 Å². The highest BCUT2D eigenvalue weighted by atomic mass is 16.2. The Balaban J connectivity index is 2.00. The molecule has 2 heterocycles. The predicted octanol–water partition coefficient (Wildman–Crippen LogP) is 0.577. The van der Waals surface area contributed by atoms with Crippen LogP contribution in [0.4, 0.5) is 11.6 Å². The number of aromatic nitrogens is 2. The number of hydrogen-bond acceptors (Lipinski definition) is 5. The standard InChI is InChI=1S/C12H19N5O/c1-3-13-11-8-12(15-9-14-11)17-6-4-16(5-7-17)10(2)18/h8-9H,3-7H2,1-2H3,(H,13,14,15). The van der Waals surface area contributed by atoms with Crippen LogP contribution in [-0.2, 0) is 4.79 Å². The van der Waals surface area contributed by atoms with Crippen molar-refractivity contribution < 1.29 is 4.79 Å². The van der Waals surface area contributed by atoms with Crippen molar-refractivity contribution in [3.8, 4) is 0 Å². The third kappa shape index (κ3) is 2.88. The smallest absolute Gasteiger partial charge is 0.219 e. The van der Waals surface area contributed by atoms with Crippen LogP contribution < -0.4 is 10.2 Å². The maximum Gasteiger partial charge on any atom is 0.219 e. The summed E-state index contributed by atoms with van der Waals surface area (Å²) >= 11 is 0. The first-order chi connectivity index (χ1) is 8.70. The maximum atomic E-state index is 11.3. The number of carbonyl (C=O) groups excluding carboxylic acids is 1. The molecular formula is C12H19N5O. The minimum atomic E-state index is 0.144. The van der Waals surface area contributed by atoms with E-state index in [1.165, 1.54) is 0 Å². The van der Waals surface area contributed by atoms with Gasteiger partial charge in [0, 0.05) is 45.7 Å². The fourth-order valence-corrected chi connectivity index (χ4v) is 2.05. The van der Waals surface area contributed by atoms with Crippen LogP contribution >= 0.6 is 0 Å². The maximum absolute atomic E-state index is 11.3. The highest BCUT2D eigenvalue weighted by molar-refractivity contribution is 5.73. The van der Waals surface area contributed by atoms with Gasteiger partial charge in [-0.2, -0.15) is 0 Å². The predicted molar refractivity (Wildman–Crippen MR) is 70.7 cm³/mol. The van der Waals surface area contributed by atoms with Gasteiger partial charge >= 0.3 is 0 Å². The minimum absolute atomic E-state index is 0.144. The molecule has 1 saturated heterocycles. The molecule has 0 aromatic carbocycles. The first-order valence-corrected chi connectivity index (χ1v) is 6.27. The molecule has 1 aromatic rings. The van der Waals surface area contributed by atoms with Gasteiger partial charge in [0.2, 0.25) is 5.91 Å². The van der Waals surface area contributed by atoms with E-state index in [1.54, 1.807) is 13.3 Å². The van der Waals surface area contributed by atoms with E-state index >= 15 is 0 Å². The second-order valence-corrected chi connectivity index (χ2v) is 4.28. The molecule has 1 aliphatic heterocycles. The molecule has 18 heavy (non-hydrogen) atoms. The fourth-order valence-electron chi connectivity index (χ4n) is 2.05. The number of anilines is 2. The first-order valence-electron chi connectivity index (χ1n) is 6.27. The van der Waals surface area contributed by atoms with E-state index < -0.39 is 0 Å². The summed E-state index contributed by atoms with van der Waals surface area (Å²) in [5.41, 5.74) is 0. The van der Waals surface area contributed by atoms with Crippen LogP contribution in [0.3, 0.4) is 0 Å². The molecule has 6 heteroatoms. The number of nitrogens with one attached hydrogen (secondary N) is 1. The fraction of sp³-hybridized carbons (Fsp3) is 0.583. The van der Waals surface area contributed by atoms with Gasteiger partial charge in [0.1, 0.15) is 18.0 Å². The topological polar surface area (TPSA) is 61.4 Å². The number of carbonyl (C=O) groups is 1. The molecule has 1 fully saturated rings. The van der Waals surface area contributed by atoms with Crippen molar-refractivity contribution in [3.63, 3.8) is 0 Å². The Hall–Kier alpha value is -1.85. The summed E-state index contributed by atoms with van der Waals surface area (Å²) in [7, 11) is 0. The molecule has 0 bridgehead atoms. The molecule has 0 aliphatic carbocycles. The largest absolute Gasteiger partial charge is 0.370 e.